The van der Waals surface area contributed by atoms with Crippen LogP contribution in [0.3, 0.4) is 0 Å². The lowest BCUT2D eigenvalue weighted by atomic mass is 10.2. The maximum absolute atomic E-state index is 9.56. The smallest absolute Gasteiger partial charge is 0.264 e. The van der Waals surface area contributed by atoms with E-state index in [2.05, 4.69) is 51.5 Å². The zero-order valence-corrected chi connectivity index (χ0v) is 11.7. The molecule has 1 aromatic rings. The van der Waals surface area contributed by atoms with Gasteiger partial charge in [0.2, 0.25) is 0 Å². The summed E-state index contributed by atoms with van der Waals surface area (Å²) in [7, 11) is 2.94. The molecule has 0 aromatic heterocycles. The van der Waals surface area contributed by atoms with Crippen LogP contribution in [0.2, 0.25) is 0 Å². The fraction of sp³-hybridized carbons (Fsp3) is 0.500. The van der Waals surface area contributed by atoms with Gasteiger partial charge in [0.1, 0.15) is 6.54 Å². The highest BCUT2D eigenvalue weighted by Crippen LogP contribution is 2.05. The zero-order valence-electron chi connectivity index (χ0n) is 10.9. The monoisotopic (exact) mass is 260 g/mol. The Labute approximate surface area is 104 Å². The first-order valence-corrected chi connectivity index (χ1v) is 7.04. The van der Waals surface area contributed by atoms with Gasteiger partial charge in [-0.3, -0.25) is 4.55 Å². The Kier molecular flexibility index (Phi) is 6.37. The van der Waals surface area contributed by atoms with E-state index in [0.717, 1.165) is 11.0 Å². The van der Waals surface area contributed by atoms with Gasteiger partial charge in [0.05, 0.1) is 26.9 Å². The van der Waals surface area contributed by atoms with E-state index in [4.69, 9.17) is 4.55 Å². The Morgan fingerprint density at radius 2 is 1.53 bits per heavy atom. The molecule has 0 heterocycles. The van der Waals surface area contributed by atoms with Gasteiger partial charge in [-0.2, -0.15) is 8.42 Å². The average Bonchev–Trinajstić information content (AvgIpc) is 2.16. The van der Waals surface area contributed by atoms with Crippen LogP contribution in [-0.2, 0) is 16.7 Å². The van der Waals surface area contributed by atoms with Gasteiger partial charge >= 0.3 is 0 Å². The van der Waals surface area contributed by atoms with Crippen molar-refractivity contribution >= 4 is 10.1 Å². The molecular weight excluding hydrogens is 238 g/mol. The summed E-state index contributed by atoms with van der Waals surface area (Å²) in [5, 5.41) is 0. The van der Waals surface area contributed by atoms with E-state index >= 15 is 0 Å². The minimum Gasteiger partial charge on any atom is -0.327 e. The molecule has 1 aromatic carbocycles. The van der Waals surface area contributed by atoms with Gasteiger partial charge in [-0.1, -0.05) is 30.3 Å². The Morgan fingerprint density at radius 1 is 1.12 bits per heavy atom. The second kappa shape index (κ2) is 6.74. The number of hydrogen-bond acceptors (Lipinski definition) is 2. The number of nitrogens with zero attached hydrogens (tertiary/aromatic N) is 1. The molecule has 0 radical (unpaired) electrons. The van der Waals surface area contributed by atoms with Crippen LogP contribution in [0, 0.1) is 0 Å². The number of quaternary nitrogens is 1. The highest BCUT2D eigenvalue weighted by Gasteiger charge is 2.06. The summed E-state index contributed by atoms with van der Waals surface area (Å²) in [4.78, 5) is 0. The predicted molar refractivity (Wildman–Crippen MR) is 70.3 cm³/mol. The third kappa shape index (κ3) is 11.4. The van der Waals surface area contributed by atoms with Crippen molar-refractivity contribution < 1.29 is 17.5 Å². The molecule has 0 aliphatic rings. The van der Waals surface area contributed by atoms with Gasteiger partial charge in [0.25, 0.3) is 10.1 Å². The highest BCUT2D eigenvalue weighted by atomic mass is 32.2. The summed E-state index contributed by atoms with van der Waals surface area (Å²) < 4.78 is 27.9. The van der Waals surface area contributed by atoms with Gasteiger partial charge < -0.3 is 4.48 Å². The second-order valence-corrected chi connectivity index (χ2v) is 6.55. The van der Waals surface area contributed by atoms with E-state index in [9.17, 15) is 8.42 Å². The van der Waals surface area contributed by atoms with Crippen molar-refractivity contribution in [3.63, 3.8) is 0 Å². The van der Waals surface area contributed by atoms with Crippen molar-refractivity contribution in [2.24, 2.45) is 0 Å². The molecule has 5 heteroatoms. The number of hydrogen-bond donors (Lipinski definition) is 1. The van der Waals surface area contributed by atoms with Gasteiger partial charge in [0, 0.05) is 5.56 Å². The molecule has 4 nitrogen and oxygen atoms in total. The first-order valence-electron chi connectivity index (χ1n) is 5.43. The third-order valence-corrected chi connectivity index (χ3v) is 2.59. The molecule has 0 amide bonds. The summed E-state index contributed by atoms with van der Waals surface area (Å²) in [6.45, 7) is 2.47. The van der Waals surface area contributed by atoms with Gasteiger partial charge in [-0.15, -0.1) is 0 Å². The van der Waals surface area contributed by atoms with Crippen LogP contribution < -0.4 is 0 Å². The van der Waals surface area contributed by atoms with E-state index in [-0.39, 0.29) is 5.75 Å². The summed E-state index contributed by atoms with van der Waals surface area (Å²) in [6.07, 6.45) is 0. The van der Waals surface area contributed by atoms with Crippen LogP contribution in [0.1, 0.15) is 12.5 Å². The van der Waals surface area contributed by atoms with Crippen LogP contribution in [0.25, 0.3) is 0 Å². The molecule has 0 aliphatic heterocycles. The minimum absolute atomic E-state index is 0.201. The molecule has 0 fully saturated rings. The molecule has 0 spiro atoms. The quantitative estimate of drug-likeness (QED) is 0.666. The Hall–Kier alpha value is -0.910. The SMILES string of the molecule is CCS(=O)(=O)O.C[N+](C)(C)Cc1ccccc1. The molecule has 0 unspecified atom stereocenters. The van der Waals surface area contributed by atoms with E-state index in [0.29, 0.717) is 0 Å². The molecule has 0 aliphatic carbocycles. The maximum atomic E-state index is 9.56. The molecule has 0 atom stereocenters. The molecule has 0 saturated carbocycles. The lowest BCUT2D eigenvalue weighted by molar-refractivity contribution is -0.884. The molecule has 1 rings (SSSR count). The second-order valence-electron chi connectivity index (χ2n) is 4.80. The van der Waals surface area contributed by atoms with Crippen LogP contribution in [0.15, 0.2) is 30.3 Å². The van der Waals surface area contributed by atoms with Gasteiger partial charge in [-0.25, -0.2) is 0 Å². The van der Waals surface area contributed by atoms with Crippen molar-refractivity contribution in [2.45, 2.75) is 13.5 Å². The van der Waals surface area contributed by atoms with Gasteiger partial charge in [-0.05, 0) is 6.92 Å². The molecule has 1 N–H and O–H groups in total. The van der Waals surface area contributed by atoms with Crippen molar-refractivity contribution in [1.82, 2.24) is 0 Å². The fourth-order valence-electron chi connectivity index (χ4n) is 1.13. The summed E-state index contributed by atoms with van der Waals surface area (Å²) >= 11 is 0. The van der Waals surface area contributed by atoms with Crippen molar-refractivity contribution in [3.8, 4) is 0 Å². The standard InChI is InChI=1S/C10H16N.C2H6O3S/c1-11(2,3)9-10-7-5-4-6-8-10;1-2-6(3,4)5/h4-8H,9H2,1-3H3;2H2,1H3,(H,3,4,5)/q+1;. The predicted octanol–water partition coefficient (Wildman–Crippen LogP) is 1.79. The Morgan fingerprint density at radius 3 is 1.82 bits per heavy atom. The fourth-order valence-corrected chi connectivity index (χ4v) is 1.13. The average molecular weight is 260 g/mol. The van der Waals surface area contributed by atoms with E-state index in [1.54, 1.807) is 0 Å². The van der Waals surface area contributed by atoms with Crippen LogP contribution in [-0.4, -0.2) is 44.3 Å². The number of rotatable bonds is 3. The highest BCUT2D eigenvalue weighted by molar-refractivity contribution is 7.85. The minimum atomic E-state index is -3.66. The molecule has 0 saturated heterocycles. The summed E-state index contributed by atoms with van der Waals surface area (Å²) in [5.74, 6) is -0.201. The maximum Gasteiger partial charge on any atom is 0.264 e. The van der Waals surface area contributed by atoms with Crippen molar-refractivity contribution in [1.29, 1.82) is 0 Å². The van der Waals surface area contributed by atoms with Crippen LogP contribution in [0.4, 0.5) is 0 Å². The lowest BCUT2D eigenvalue weighted by Gasteiger charge is -2.23. The number of benzene rings is 1. The van der Waals surface area contributed by atoms with Crippen LogP contribution >= 0.6 is 0 Å². The largest absolute Gasteiger partial charge is 0.327 e. The first kappa shape index (κ1) is 16.1. The first-order chi connectivity index (χ1) is 7.64. The molecular formula is C12H22NO3S+. The lowest BCUT2D eigenvalue weighted by Crippen LogP contribution is -2.33. The van der Waals surface area contributed by atoms with Crippen molar-refractivity contribution in [3.05, 3.63) is 35.9 Å². The molecule has 17 heavy (non-hydrogen) atoms. The third-order valence-electron chi connectivity index (χ3n) is 1.86. The molecule has 98 valence electrons. The summed E-state index contributed by atoms with van der Waals surface area (Å²) in [6, 6.07) is 10.6. The normalized spacial score (nSPS) is 11.6. The van der Waals surface area contributed by atoms with E-state index in [1.807, 2.05) is 0 Å². The molecule has 0 bridgehead atoms. The van der Waals surface area contributed by atoms with E-state index < -0.39 is 10.1 Å². The van der Waals surface area contributed by atoms with E-state index in [1.165, 1.54) is 12.5 Å². The zero-order chi connectivity index (χ0) is 13.5. The summed E-state index contributed by atoms with van der Waals surface area (Å²) in [5.41, 5.74) is 1.40. The Bertz CT molecular complexity index is 407. The topological polar surface area (TPSA) is 54.4 Å². The van der Waals surface area contributed by atoms with Gasteiger partial charge in [0.15, 0.2) is 0 Å². The van der Waals surface area contributed by atoms with Crippen molar-refractivity contribution in [2.75, 3.05) is 26.9 Å². The van der Waals surface area contributed by atoms with Crippen LogP contribution in [0.5, 0.6) is 0 Å². The Balaban J connectivity index is 0.000000366.